The molecule has 0 aliphatic carbocycles. The van der Waals surface area contributed by atoms with E-state index in [1.165, 1.54) is 18.2 Å². The highest BCUT2D eigenvalue weighted by molar-refractivity contribution is 6.03. The lowest BCUT2D eigenvalue weighted by Gasteiger charge is -2.31. The molecule has 0 bridgehead atoms. The summed E-state index contributed by atoms with van der Waals surface area (Å²) in [5.41, 5.74) is -0.0269. The van der Waals surface area contributed by atoms with E-state index in [0.29, 0.717) is 0 Å². The van der Waals surface area contributed by atoms with Crippen LogP contribution >= 0.6 is 0 Å². The van der Waals surface area contributed by atoms with Crippen LogP contribution in [0.5, 0.6) is 0 Å². The summed E-state index contributed by atoms with van der Waals surface area (Å²) < 4.78 is 9.47. The van der Waals surface area contributed by atoms with Crippen molar-refractivity contribution in [1.29, 1.82) is 0 Å². The zero-order valence-corrected chi connectivity index (χ0v) is 9.62. The van der Waals surface area contributed by atoms with Gasteiger partial charge in [0.15, 0.2) is 6.10 Å². The highest BCUT2D eigenvalue weighted by Gasteiger charge is 2.44. The average Bonchev–Trinajstić information content (AvgIpc) is 2.33. The molecule has 0 aromatic heterocycles. The maximum absolute atomic E-state index is 11.8. The summed E-state index contributed by atoms with van der Waals surface area (Å²) in [6.07, 6.45) is -1.24. The van der Waals surface area contributed by atoms with Gasteiger partial charge in [0.1, 0.15) is 0 Å². The maximum Gasteiger partial charge on any atom is 0.363 e. The number of hydrogen-bond acceptors (Lipinski definition) is 6. The molecule has 1 aliphatic heterocycles. The van der Waals surface area contributed by atoms with Gasteiger partial charge in [-0.25, -0.2) is 9.59 Å². The van der Waals surface area contributed by atoms with Gasteiger partial charge in [0.25, 0.3) is 0 Å². The van der Waals surface area contributed by atoms with Crippen LogP contribution in [0, 0.1) is 0 Å². The molecule has 0 saturated carbocycles. The van der Waals surface area contributed by atoms with Gasteiger partial charge < -0.3 is 19.7 Å². The van der Waals surface area contributed by atoms with Gasteiger partial charge in [-0.3, -0.25) is 0 Å². The van der Waals surface area contributed by atoms with E-state index in [1.54, 1.807) is 13.0 Å². The minimum Gasteiger partial charge on any atom is -0.449 e. The fourth-order valence-corrected chi connectivity index (χ4v) is 1.71. The topological polar surface area (TPSA) is 93.1 Å². The Morgan fingerprint density at radius 2 is 1.72 bits per heavy atom. The average molecular weight is 252 g/mol. The van der Waals surface area contributed by atoms with Crippen molar-refractivity contribution >= 4 is 11.9 Å². The SMILES string of the molecule is CCC1OC(=O)c2ccccc2C(=O)OC1(O)O. The van der Waals surface area contributed by atoms with Crippen LogP contribution in [0.4, 0.5) is 0 Å². The molecule has 18 heavy (non-hydrogen) atoms. The third kappa shape index (κ3) is 2.07. The molecule has 0 fully saturated rings. The standard InChI is InChI=1S/C12H12O6/c1-2-9-12(15,16)18-11(14)8-6-4-3-5-7(8)10(13)17-9/h3-6,9,15-16H,2H2,1H3. The van der Waals surface area contributed by atoms with E-state index in [9.17, 15) is 19.8 Å². The molecule has 1 heterocycles. The summed E-state index contributed by atoms with van der Waals surface area (Å²) in [5, 5.41) is 19.2. The van der Waals surface area contributed by atoms with Gasteiger partial charge in [0, 0.05) is 0 Å². The van der Waals surface area contributed by atoms with E-state index in [2.05, 4.69) is 4.74 Å². The first-order chi connectivity index (χ1) is 8.45. The minimum absolute atomic E-state index is 0.0384. The predicted molar refractivity (Wildman–Crippen MR) is 58.5 cm³/mol. The molecule has 1 aromatic carbocycles. The number of cyclic esters (lactones) is 2. The van der Waals surface area contributed by atoms with E-state index in [0.717, 1.165) is 0 Å². The summed E-state index contributed by atoms with van der Waals surface area (Å²) in [7, 11) is 0. The van der Waals surface area contributed by atoms with Crippen LogP contribution in [0.15, 0.2) is 24.3 Å². The molecular formula is C12H12O6. The van der Waals surface area contributed by atoms with Crippen LogP contribution in [0.1, 0.15) is 34.1 Å². The molecule has 1 aliphatic rings. The maximum atomic E-state index is 11.8. The molecule has 0 saturated heterocycles. The molecule has 0 spiro atoms. The molecule has 1 aromatic rings. The van der Waals surface area contributed by atoms with Crippen molar-refractivity contribution < 1.29 is 29.3 Å². The van der Waals surface area contributed by atoms with Crippen molar-refractivity contribution in [3.8, 4) is 0 Å². The highest BCUT2D eigenvalue weighted by atomic mass is 16.8. The Hall–Kier alpha value is -1.92. The summed E-state index contributed by atoms with van der Waals surface area (Å²) in [4.78, 5) is 23.5. The number of carbonyl (C=O) groups is 2. The molecule has 2 N–H and O–H groups in total. The zero-order valence-electron chi connectivity index (χ0n) is 9.62. The number of rotatable bonds is 1. The normalized spacial score (nSPS) is 22.3. The summed E-state index contributed by atoms with van der Waals surface area (Å²) >= 11 is 0. The van der Waals surface area contributed by atoms with E-state index in [-0.39, 0.29) is 17.5 Å². The number of ether oxygens (including phenoxy) is 2. The molecule has 2 rings (SSSR count). The number of esters is 2. The van der Waals surface area contributed by atoms with Crippen LogP contribution in [0.25, 0.3) is 0 Å². The van der Waals surface area contributed by atoms with Gasteiger partial charge in [-0.15, -0.1) is 0 Å². The second-order valence-electron chi connectivity index (χ2n) is 3.90. The number of benzene rings is 1. The number of fused-ring (bicyclic) bond motifs is 1. The quantitative estimate of drug-likeness (QED) is 0.556. The van der Waals surface area contributed by atoms with Gasteiger partial charge in [0.05, 0.1) is 11.1 Å². The Morgan fingerprint density at radius 1 is 1.17 bits per heavy atom. The zero-order chi connectivity index (χ0) is 13.3. The summed E-state index contributed by atoms with van der Waals surface area (Å²) in [5.74, 6) is -4.60. The largest absolute Gasteiger partial charge is 0.449 e. The molecule has 96 valence electrons. The lowest BCUT2D eigenvalue weighted by molar-refractivity contribution is -0.349. The molecule has 6 heteroatoms. The number of aliphatic hydroxyl groups is 2. The van der Waals surface area contributed by atoms with E-state index in [4.69, 9.17) is 4.74 Å². The molecular weight excluding hydrogens is 240 g/mol. The molecule has 6 nitrogen and oxygen atoms in total. The fourth-order valence-electron chi connectivity index (χ4n) is 1.71. The van der Waals surface area contributed by atoms with Crippen molar-refractivity contribution in [2.45, 2.75) is 25.4 Å². The van der Waals surface area contributed by atoms with Gasteiger partial charge in [-0.05, 0) is 18.6 Å². The third-order valence-electron chi connectivity index (χ3n) is 2.65. The van der Waals surface area contributed by atoms with Gasteiger partial charge in [-0.2, -0.15) is 0 Å². The highest BCUT2D eigenvalue weighted by Crippen LogP contribution is 2.24. The number of carbonyl (C=O) groups excluding carboxylic acids is 2. The molecule has 0 amide bonds. The summed E-state index contributed by atoms with van der Waals surface area (Å²) in [6.45, 7) is 1.57. The lowest BCUT2D eigenvalue weighted by Crippen LogP contribution is -2.49. The van der Waals surface area contributed by atoms with Gasteiger partial charge in [-0.1, -0.05) is 19.1 Å². The van der Waals surface area contributed by atoms with Crippen molar-refractivity contribution in [2.24, 2.45) is 0 Å². The second kappa shape index (κ2) is 4.40. The Balaban J connectivity index is 2.49. The fraction of sp³-hybridized carbons (Fsp3) is 0.333. The minimum atomic E-state index is -2.82. The Morgan fingerprint density at radius 3 is 2.28 bits per heavy atom. The smallest absolute Gasteiger partial charge is 0.363 e. The predicted octanol–water partition coefficient (Wildman–Crippen LogP) is 0.431. The van der Waals surface area contributed by atoms with E-state index < -0.39 is 24.0 Å². The Labute approximate surface area is 103 Å². The van der Waals surface area contributed by atoms with Crippen LogP contribution in [-0.2, 0) is 9.47 Å². The Bertz CT molecular complexity index is 493. The van der Waals surface area contributed by atoms with Gasteiger partial charge in [0.2, 0.25) is 0 Å². The monoisotopic (exact) mass is 252 g/mol. The third-order valence-corrected chi connectivity index (χ3v) is 2.65. The van der Waals surface area contributed by atoms with E-state index >= 15 is 0 Å². The lowest BCUT2D eigenvalue weighted by atomic mass is 10.1. The number of hydrogen-bond donors (Lipinski definition) is 2. The van der Waals surface area contributed by atoms with Crippen LogP contribution in [0.3, 0.4) is 0 Å². The second-order valence-corrected chi connectivity index (χ2v) is 3.90. The molecule has 0 radical (unpaired) electrons. The first kappa shape index (κ1) is 12.5. The first-order valence-corrected chi connectivity index (χ1v) is 5.43. The van der Waals surface area contributed by atoms with Crippen molar-refractivity contribution in [3.05, 3.63) is 35.4 Å². The van der Waals surface area contributed by atoms with Crippen molar-refractivity contribution in [2.75, 3.05) is 0 Å². The molecule has 1 atom stereocenters. The van der Waals surface area contributed by atoms with Gasteiger partial charge >= 0.3 is 17.9 Å². The summed E-state index contributed by atoms with van der Waals surface area (Å²) in [6, 6.07) is 5.86. The first-order valence-electron chi connectivity index (χ1n) is 5.43. The van der Waals surface area contributed by atoms with Crippen molar-refractivity contribution in [3.63, 3.8) is 0 Å². The van der Waals surface area contributed by atoms with E-state index in [1.807, 2.05) is 0 Å². The molecule has 1 unspecified atom stereocenters. The van der Waals surface area contributed by atoms with Crippen LogP contribution in [-0.4, -0.2) is 34.2 Å². The Kier molecular flexibility index (Phi) is 3.06. The van der Waals surface area contributed by atoms with Crippen molar-refractivity contribution in [1.82, 2.24) is 0 Å². The van der Waals surface area contributed by atoms with Crippen LogP contribution in [0.2, 0.25) is 0 Å². The van der Waals surface area contributed by atoms with Crippen LogP contribution < -0.4 is 0 Å².